The highest BCUT2D eigenvalue weighted by molar-refractivity contribution is 7.95. The van der Waals surface area contributed by atoms with Gasteiger partial charge in [-0.2, -0.15) is 0 Å². The van der Waals surface area contributed by atoms with Crippen LogP contribution in [0.15, 0.2) is 101 Å². The first-order chi connectivity index (χ1) is 12.1. The number of hydrogen-bond donors (Lipinski definition) is 1. The highest BCUT2D eigenvalue weighted by Crippen LogP contribution is 2.32. The maximum Gasteiger partial charge on any atom is 0.205 e. The lowest BCUT2D eigenvalue weighted by atomic mass is 10.1. The van der Waals surface area contributed by atoms with E-state index in [1.165, 1.54) is 18.2 Å². The van der Waals surface area contributed by atoms with Crippen LogP contribution in [0.2, 0.25) is 0 Å². The van der Waals surface area contributed by atoms with Crippen molar-refractivity contribution < 1.29 is 13.5 Å². The van der Waals surface area contributed by atoms with E-state index in [0.717, 1.165) is 0 Å². The Hall–Kier alpha value is -2.69. The minimum Gasteiger partial charge on any atom is -0.383 e. The Balaban J connectivity index is 2.15. The fraction of sp³-hybridized carbons (Fsp3) is 0.0476. The SMILES string of the molecule is O=S(=O)(/C(=C/c1ccccc1)C(O)c1ccccc1)c1ccccc1. The third-order valence-electron chi connectivity index (χ3n) is 3.86. The molecule has 3 aromatic carbocycles. The number of hydrogen-bond acceptors (Lipinski definition) is 3. The predicted octanol–water partition coefficient (Wildman–Crippen LogP) is 4.24. The molecule has 1 N–H and O–H groups in total. The van der Waals surface area contributed by atoms with Gasteiger partial charge in [-0.1, -0.05) is 78.9 Å². The lowest BCUT2D eigenvalue weighted by molar-refractivity contribution is 0.224. The molecular formula is C21H18O3S. The van der Waals surface area contributed by atoms with E-state index in [2.05, 4.69) is 0 Å². The fourth-order valence-corrected chi connectivity index (χ4v) is 4.06. The van der Waals surface area contributed by atoms with Crippen LogP contribution in [-0.2, 0) is 9.84 Å². The summed E-state index contributed by atoms with van der Waals surface area (Å²) >= 11 is 0. The fourth-order valence-electron chi connectivity index (χ4n) is 2.55. The van der Waals surface area contributed by atoms with E-state index in [4.69, 9.17) is 0 Å². The maximum atomic E-state index is 13.1. The molecule has 0 aliphatic carbocycles. The summed E-state index contributed by atoms with van der Waals surface area (Å²) in [5.74, 6) is 0. The Bertz CT molecular complexity index is 948. The minimum absolute atomic E-state index is 0.0453. The molecule has 4 heteroatoms. The molecular weight excluding hydrogens is 332 g/mol. The van der Waals surface area contributed by atoms with E-state index in [1.807, 2.05) is 24.3 Å². The quantitative estimate of drug-likeness (QED) is 0.749. The highest BCUT2D eigenvalue weighted by Gasteiger charge is 2.27. The zero-order valence-electron chi connectivity index (χ0n) is 13.5. The van der Waals surface area contributed by atoms with Crippen molar-refractivity contribution in [3.05, 3.63) is 107 Å². The summed E-state index contributed by atoms with van der Waals surface area (Å²) in [4.78, 5) is 0.114. The standard InChI is InChI=1S/C21H18O3S/c22-21(18-12-6-2-7-13-18)20(16-17-10-4-1-5-11-17)25(23,24)19-14-8-3-9-15-19/h1-16,21-22H/b20-16+. The van der Waals surface area contributed by atoms with Crippen molar-refractivity contribution in [3.63, 3.8) is 0 Å². The zero-order chi connectivity index (χ0) is 17.7. The maximum absolute atomic E-state index is 13.1. The molecule has 0 heterocycles. The zero-order valence-corrected chi connectivity index (χ0v) is 14.3. The number of rotatable bonds is 5. The van der Waals surface area contributed by atoms with Gasteiger partial charge in [-0.3, -0.25) is 0 Å². The van der Waals surface area contributed by atoms with Gasteiger partial charge in [-0.25, -0.2) is 8.42 Å². The van der Waals surface area contributed by atoms with Crippen molar-refractivity contribution in [3.8, 4) is 0 Å². The molecule has 0 saturated carbocycles. The molecule has 0 bridgehead atoms. The second kappa shape index (κ2) is 7.47. The van der Waals surface area contributed by atoms with Crippen LogP contribution in [0, 0.1) is 0 Å². The molecule has 0 radical (unpaired) electrons. The Morgan fingerprint density at radius 2 is 1.24 bits per heavy atom. The van der Waals surface area contributed by atoms with Crippen LogP contribution in [0.1, 0.15) is 17.2 Å². The monoisotopic (exact) mass is 350 g/mol. The van der Waals surface area contributed by atoms with Crippen LogP contribution in [0.25, 0.3) is 6.08 Å². The molecule has 3 rings (SSSR count). The first-order valence-electron chi connectivity index (χ1n) is 7.89. The topological polar surface area (TPSA) is 54.4 Å². The van der Waals surface area contributed by atoms with Gasteiger partial charge in [-0.15, -0.1) is 0 Å². The Morgan fingerprint density at radius 1 is 0.760 bits per heavy atom. The predicted molar refractivity (Wildman–Crippen MR) is 99.4 cm³/mol. The van der Waals surface area contributed by atoms with E-state index in [9.17, 15) is 13.5 Å². The second-order valence-corrected chi connectivity index (χ2v) is 7.54. The molecule has 0 spiro atoms. The number of aliphatic hydroxyl groups excluding tert-OH is 1. The van der Waals surface area contributed by atoms with E-state index in [1.54, 1.807) is 54.6 Å². The average molecular weight is 350 g/mol. The van der Waals surface area contributed by atoms with Gasteiger partial charge in [0.15, 0.2) is 0 Å². The molecule has 1 unspecified atom stereocenters. The van der Waals surface area contributed by atoms with Crippen LogP contribution in [-0.4, -0.2) is 13.5 Å². The third-order valence-corrected chi connectivity index (χ3v) is 5.71. The normalized spacial score (nSPS) is 13.4. The van der Waals surface area contributed by atoms with Crippen molar-refractivity contribution in [2.45, 2.75) is 11.0 Å². The van der Waals surface area contributed by atoms with Gasteiger partial charge in [0.05, 0.1) is 9.80 Å². The number of benzene rings is 3. The summed E-state index contributed by atoms with van der Waals surface area (Å²) < 4.78 is 26.2. The van der Waals surface area contributed by atoms with Gasteiger partial charge in [-0.05, 0) is 29.3 Å². The highest BCUT2D eigenvalue weighted by atomic mass is 32.2. The van der Waals surface area contributed by atoms with Gasteiger partial charge >= 0.3 is 0 Å². The Morgan fingerprint density at radius 3 is 1.80 bits per heavy atom. The molecule has 0 aromatic heterocycles. The van der Waals surface area contributed by atoms with Crippen LogP contribution in [0.4, 0.5) is 0 Å². The van der Waals surface area contributed by atoms with E-state index in [-0.39, 0.29) is 9.80 Å². The molecule has 126 valence electrons. The molecule has 0 saturated heterocycles. The Kier molecular flexibility index (Phi) is 5.12. The second-order valence-electron chi connectivity index (χ2n) is 5.59. The van der Waals surface area contributed by atoms with Crippen LogP contribution < -0.4 is 0 Å². The molecule has 3 nitrogen and oxygen atoms in total. The number of sulfone groups is 1. The Labute approximate surface area is 147 Å². The van der Waals surface area contributed by atoms with Crippen molar-refractivity contribution in [2.24, 2.45) is 0 Å². The average Bonchev–Trinajstić information content (AvgIpc) is 2.67. The van der Waals surface area contributed by atoms with Gasteiger partial charge in [0.1, 0.15) is 6.10 Å². The molecule has 25 heavy (non-hydrogen) atoms. The summed E-state index contributed by atoms with van der Waals surface area (Å²) in [6, 6.07) is 26.1. The lowest BCUT2D eigenvalue weighted by Crippen LogP contribution is -2.13. The summed E-state index contributed by atoms with van der Waals surface area (Å²) in [6.07, 6.45) is 0.284. The summed E-state index contributed by atoms with van der Waals surface area (Å²) in [6.45, 7) is 0. The third kappa shape index (κ3) is 3.87. The molecule has 0 fully saturated rings. The molecule has 0 amide bonds. The smallest absolute Gasteiger partial charge is 0.205 e. The van der Waals surface area contributed by atoms with E-state index >= 15 is 0 Å². The summed E-state index contributed by atoms with van der Waals surface area (Å²) in [5, 5.41) is 10.8. The first kappa shape index (κ1) is 17.1. The largest absolute Gasteiger partial charge is 0.383 e. The first-order valence-corrected chi connectivity index (χ1v) is 9.37. The van der Waals surface area contributed by atoms with Gasteiger partial charge in [0, 0.05) is 0 Å². The van der Waals surface area contributed by atoms with Gasteiger partial charge in [0.2, 0.25) is 9.84 Å². The van der Waals surface area contributed by atoms with E-state index < -0.39 is 15.9 Å². The summed E-state index contributed by atoms with van der Waals surface area (Å²) in [5.41, 5.74) is 1.25. The van der Waals surface area contributed by atoms with Gasteiger partial charge < -0.3 is 5.11 Å². The van der Waals surface area contributed by atoms with Crippen LogP contribution in [0.3, 0.4) is 0 Å². The lowest BCUT2D eigenvalue weighted by Gasteiger charge is -2.16. The minimum atomic E-state index is -3.84. The summed E-state index contributed by atoms with van der Waals surface area (Å²) in [7, 11) is -3.84. The van der Waals surface area contributed by atoms with Crippen LogP contribution in [0.5, 0.6) is 0 Å². The molecule has 0 aliphatic heterocycles. The van der Waals surface area contributed by atoms with Crippen molar-refractivity contribution in [1.82, 2.24) is 0 Å². The van der Waals surface area contributed by atoms with Crippen molar-refractivity contribution in [2.75, 3.05) is 0 Å². The molecule has 1 atom stereocenters. The molecule has 0 aliphatic rings. The molecule has 3 aromatic rings. The van der Waals surface area contributed by atoms with Gasteiger partial charge in [0.25, 0.3) is 0 Å². The van der Waals surface area contributed by atoms with Crippen molar-refractivity contribution in [1.29, 1.82) is 0 Å². The number of aliphatic hydroxyl groups is 1. The van der Waals surface area contributed by atoms with Crippen LogP contribution >= 0.6 is 0 Å². The van der Waals surface area contributed by atoms with Crippen molar-refractivity contribution >= 4 is 15.9 Å². The van der Waals surface area contributed by atoms with E-state index in [0.29, 0.717) is 11.1 Å².